The van der Waals surface area contributed by atoms with Crippen LogP contribution in [0.2, 0.25) is 0 Å². The van der Waals surface area contributed by atoms with E-state index in [0.29, 0.717) is 5.69 Å². The molecule has 0 radical (unpaired) electrons. The Morgan fingerprint density at radius 1 is 1.09 bits per heavy atom. The Bertz CT molecular complexity index is 1250. The minimum Gasteiger partial charge on any atom is -0.477 e. The molecule has 9 nitrogen and oxygen atoms in total. The maximum atomic E-state index is 12.8. The van der Waals surface area contributed by atoms with Crippen LogP contribution in [0.25, 0.3) is 11.1 Å². The molecule has 1 aromatic heterocycles. The number of amides is 2. The van der Waals surface area contributed by atoms with Gasteiger partial charge in [0, 0.05) is 13.0 Å². The number of carboxylic acids is 1. The molecule has 0 bridgehead atoms. The molecule has 35 heavy (non-hydrogen) atoms. The van der Waals surface area contributed by atoms with Crippen molar-refractivity contribution in [1.82, 2.24) is 20.4 Å². The van der Waals surface area contributed by atoms with Crippen LogP contribution in [0, 0.1) is 5.92 Å². The number of carbonyl (C=O) groups excluding carboxylic acids is 2. The molecule has 2 aromatic carbocycles. The molecule has 1 fully saturated rings. The highest BCUT2D eigenvalue weighted by molar-refractivity contribution is 5.87. The molecule has 0 saturated heterocycles. The highest BCUT2D eigenvalue weighted by Crippen LogP contribution is 2.44. The number of nitrogens with one attached hydrogen (secondary N) is 2. The summed E-state index contributed by atoms with van der Waals surface area (Å²) in [5, 5.41) is 18.7. The monoisotopic (exact) mass is 474 g/mol. The van der Waals surface area contributed by atoms with Crippen LogP contribution in [0.4, 0.5) is 4.79 Å². The van der Waals surface area contributed by atoms with E-state index in [0.717, 1.165) is 35.1 Å². The molecule has 1 heterocycles. The number of carboxylic acid groups (broad SMARTS) is 1. The van der Waals surface area contributed by atoms with Crippen molar-refractivity contribution in [3.8, 4) is 11.1 Å². The average molecular weight is 475 g/mol. The second-order valence-corrected chi connectivity index (χ2v) is 8.95. The number of aryl methyl sites for hydroxylation is 1. The normalized spacial score (nSPS) is 15.1. The summed E-state index contributed by atoms with van der Waals surface area (Å²) in [5.74, 6) is -1.45. The van der Waals surface area contributed by atoms with Gasteiger partial charge < -0.3 is 20.5 Å². The van der Waals surface area contributed by atoms with Gasteiger partial charge in [-0.2, -0.15) is 5.10 Å². The number of rotatable bonds is 8. The molecular formula is C26H26N4O5. The lowest BCUT2D eigenvalue weighted by atomic mass is 9.98. The molecule has 3 N–H and O–H groups in total. The van der Waals surface area contributed by atoms with Crippen molar-refractivity contribution in [1.29, 1.82) is 0 Å². The molecule has 2 amide bonds. The number of nitrogens with zero attached hydrogens (tertiary/aromatic N) is 2. The first kappa shape index (κ1) is 22.6. The molecule has 1 saturated carbocycles. The second kappa shape index (κ2) is 9.25. The number of fused-ring (bicyclic) bond motifs is 3. The van der Waals surface area contributed by atoms with E-state index in [-0.39, 0.29) is 36.6 Å². The highest BCUT2D eigenvalue weighted by Gasteiger charge is 2.38. The Morgan fingerprint density at radius 3 is 2.29 bits per heavy atom. The average Bonchev–Trinajstić information content (AvgIpc) is 3.55. The Hall–Kier alpha value is -4.14. The number of benzene rings is 2. The van der Waals surface area contributed by atoms with Crippen LogP contribution in [-0.4, -0.2) is 45.5 Å². The summed E-state index contributed by atoms with van der Waals surface area (Å²) in [6.45, 7) is 0.236. The summed E-state index contributed by atoms with van der Waals surface area (Å²) in [7, 11) is 1.53. The van der Waals surface area contributed by atoms with Crippen LogP contribution in [-0.2, 0) is 23.1 Å². The van der Waals surface area contributed by atoms with Gasteiger partial charge in [0.05, 0.1) is 12.2 Å². The van der Waals surface area contributed by atoms with E-state index in [1.807, 2.05) is 24.3 Å². The van der Waals surface area contributed by atoms with Gasteiger partial charge in [-0.3, -0.25) is 9.48 Å². The second-order valence-electron chi connectivity index (χ2n) is 8.95. The van der Waals surface area contributed by atoms with Gasteiger partial charge in [-0.15, -0.1) is 0 Å². The third kappa shape index (κ3) is 4.62. The van der Waals surface area contributed by atoms with Crippen LogP contribution >= 0.6 is 0 Å². The van der Waals surface area contributed by atoms with Crippen LogP contribution < -0.4 is 10.6 Å². The highest BCUT2D eigenvalue weighted by atomic mass is 16.5. The lowest BCUT2D eigenvalue weighted by Crippen LogP contribution is -2.48. The summed E-state index contributed by atoms with van der Waals surface area (Å²) in [6.07, 6.45) is 1.05. The van der Waals surface area contributed by atoms with E-state index in [9.17, 15) is 14.4 Å². The van der Waals surface area contributed by atoms with Gasteiger partial charge in [-0.1, -0.05) is 48.5 Å². The van der Waals surface area contributed by atoms with Crippen molar-refractivity contribution in [2.75, 3.05) is 6.61 Å². The molecule has 5 rings (SSSR count). The standard InChI is InChI=1S/C26H26N4O5/c1-30-22(25(32)33)12-16(29-30)13-27-24(31)23(15-10-11-15)28-26(34)35-14-21-19-8-4-2-6-17(19)18-7-3-5-9-20(18)21/h2-9,12,15,21,23H,10-11,13-14H2,1H3,(H,27,31)(H,28,34)(H,32,33). The van der Waals surface area contributed by atoms with Gasteiger partial charge in [-0.05, 0) is 47.1 Å². The molecule has 9 heteroatoms. The maximum absolute atomic E-state index is 12.8. The first-order chi connectivity index (χ1) is 16.9. The van der Waals surface area contributed by atoms with Crippen molar-refractivity contribution in [2.45, 2.75) is 31.3 Å². The van der Waals surface area contributed by atoms with Gasteiger partial charge in [0.2, 0.25) is 5.91 Å². The number of aromatic nitrogens is 2. The minimum atomic E-state index is -1.09. The maximum Gasteiger partial charge on any atom is 0.407 e. The summed E-state index contributed by atoms with van der Waals surface area (Å²) >= 11 is 0. The van der Waals surface area contributed by atoms with Crippen molar-refractivity contribution < 1.29 is 24.2 Å². The van der Waals surface area contributed by atoms with E-state index in [1.165, 1.54) is 17.8 Å². The zero-order valence-electron chi connectivity index (χ0n) is 19.2. The Morgan fingerprint density at radius 2 is 1.71 bits per heavy atom. The van der Waals surface area contributed by atoms with Crippen molar-refractivity contribution in [3.63, 3.8) is 0 Å². The van der Waals surface area contributed by atoms with Gasteiger partial charge in [0.25, 0.3) is 0 Å². The van der Waals surface area contributed by atoms with Gasteiger partial charge in [0.15, 0.2) is 0 Å². The number of hydrogen-bond acceptors (Lipinski definition) is 5. The minimum absolute atomic E-state index is 0.0322. The molecule has 0 spiro atoms. The molecule has 180 valence electrons. The fourth-order valence-corrected chi connectivity index (χ4v) is 4.69. The van der Waals surface area contributed by atoms with Gasteiger partial charge in [-0.25, -0.2) is 9.59 Å². The molecule has 1 unspecified atom stereocenters. The predicted molar refractivity (Wildman–Crippen MR) is 127 cm³/mol. The zero-order chi connectivity index (χ0) is 24.5. The molecule has 0 aliphatic heterocycles. The topological polar surface area (TPSA) is 123 Å². The summed E-state index contributed by atoms with van der Waals surface area (Å²) in [6, 6.07) is 16.9. The molecule has 2 aliphatic rings. The fraction of sp³-hybridized carbons (Fsp3) is 0.308. The van der Waals surface area contributed by atoms with Crippen LogP contribution in [0.5, 0.6) is 0 Å². The SMILES string of the molecule is Cn1nc(CNC(=O)C(NC(=O)OCC2c3ccccc3-c3ccccc32)C2CC2)cc1C(=O)O. The van der Waals surface area contributed by atoms with E-state index < -0.39 is 18.1 Å². The van der Waals surface area contributed by atoms with Crippen molar-refractivity contribution in [3.05, 3.63) is 77.1 Å². The van der Waals surface area contributed by atoms with Crippen molar-refractivity contribution >= 4 is 18.0 Å². The number of aromatic carboxylic acids is 1. The largest absolute Gasteiger partial charge is 0.477 e. The quantitative estimate of drug-likeness (QED) is 0.461. The number of carbonyl (C=O) groups is 3. The lowest BCUT2D eigenvalue weighted by molar-refractivity contribution is -0.123. The van der Waals surface area contributed by atoms with Crippen LogP contribution in [0.1, 0.15) is 46.1 Å². The smallest absolute Gasteiger partial charge is 0.407 e. The van der Waals surface area contributed by atoms with Crippen LogP contribution in [0.15, 0.2) is 54.6 Å². The Labute approximate surface area is 202 Å². The Kier molecular flexibility index (Phi) is 5.98. The molecular weight excluding hydrogens is 448 g/mol. The summed E-state index contributed by atoms with van der Waals surface area (Å²) < 4.78 is 6.84. The molecule has 1 atom stereocenters. The van der Waals surface area contributed by atoms with Gasteiger partial charge in [0.1, 0.15) is 18.3 Å². The third-order valence-corrected chi connectivity index (χ3v) is 6.59. The van der Waals surface area contributed by atoms with Crippen molar-refractivity contribution in [2.24, 2.45) is 13.0 Å². The number of ether oxygens (including phenoxy) is 1. The lowest BCUT2D eigenvalue weighted by Gasteiger charge is -2.19. The third-order valence-electron chi connectivity index (χ3n) is 6.59. The van der Waals surface area contributed by atoms with Crippen LogP contribution in [0.3, 0.4) is 0 Å². The van der Waals surface area contributed by atoms with E-state index >= 15 is 0 Å². The first-order valence-electron chi connectivity index (χ1n) is 11.6. The zero-order valence-corrected chi connectivity index (χ0v) is 19.2. The molecule has 3 aromatic rings. The molecule has 2 aliphatic carbocycles. The predicted octanol–water partition coefficient (Wildman–Crippen LogP) is 3.05. The summed E-state index contributed by atoms with van der Waals surface area (Å²) in [5.41, 5.74) is 4.99. The van der Waals surface area contributed by atoms with E-state index in [2.05, 4.69) is 40.0 Å². The number of alkyl carbamates (subject to hydrolysis) is 1. The fourth-order valence-electron chi connectivity index (χ4n) is 4.69. The first-order valence-corrected chi connectivity index (χ1v) is 11.6. The number of hydrogen-bond donors (Lipinski definition) is 3. The Balaban J connectivity index is 1.20. The van der Waals surface area contributed by atoms with Gasteiger partial charge >= 0.3 is 12.1 Å². The summed E-state index contributed by atoms with van der Waals surface area (Å²) in [4.78, 5) is 36.7. The van der Waals surface area contributed by atoms with E-state index in [1.54, 1.807) is 0 Å². The van der Waals surface area contributed by atoms with E-state index in [4.69, 9.17) is 9.84 Å².